The summed E-state index contributed by atoms with van der Waals surface area (Å²) in [5, 5.41) is 18.4. The standard InChI is InChI=1S/C11H13F3N2O2/c1-15(2)7-6-8-9(11(12,13)14)4-3-5-10(8)16(17)18/h3-7,16-17H,1-2H3/b7-6+. The lowest BCUT2D eigenvalue weighted by Gasteiger charge is -2.18. The molecule has 1 atom stereocenters. The number of nitrogens with zero attached hydrogens (tertiary/aromatic N) is 1. The van der Waals surface area contributed by atoms with Gasteiger partial charge in [-0.2, -0.15) is 18.4 Å². The molecule has 0 aliphatic heterocycles. The third kappa shape index (κ3) is 3.46. The Morgan fingerprint density at radius 2 is 1.94 bits per heavy atom. The number of halogens is 3. The highest BCUT2D eigenvalue weighted by Gasteiger charge is 2.34. The van der Waals surface area contributed by atoms with E-state index in [9.17, 15) is 18.4 Å². The van der Waals surface area contributed by atoms with Crippen LogP contribution in [-0.4, -0.2) is 24.2 Å². The second kappa shape index (κ2) is 5.38. The van der Waals surface area contributed by atoms with Gasteiger partial charge in [-0.05, 0) is 18.3 Å². The summed E-state index contributed by atoms with van der Waals surface area (Å²) in [6, 6.07) is 3.09. The Hall–Kier alpha value is -1.57. The van der Waals surface area contributed by atoms with E-state index >= 15 is 0 Å². The van der Waals surface area contributed by atoms with E-state index in [1.54, 1.807) is 14.1 Å². The molecular formula is C11H13F3N2O2. The van der Waals surface area contributed by atoms with Crippen molar-refractivity contribution in [2.24, 2.45) is 0 Å². The zero-order valence-corrected chi connectivity index (χ0v) is 9.82. The van der Waals surface area contributed by atoms with E-state index in [0.717, 1.165) is 24.3 Å². The Bertz CT molecular complexity index is 442. The van der Waals surface area contributed by atoms with Crippen molar-refractivity contribution in [2.75, 3.05) is 14.1 Å². The van der Waals surface area contributed by atoms with Crippen LogP contribution in [0.3, 0.4) is 0 Å². The minimum atomic E-state index is -4.59. The molecule has 100 valence electrons. The molecule has 0 amide bonds. The van der Waals surface area contributed by atoms with Gasteiger partial charge in [-0.15, -0.1) is 0 Å². The number of hydrogen-bond acceptors (Lipinski definition) is 3. The molecule has 0 bridgehead atoms. The molecule has 1 aromatic rings. The van der Waals surface area contributed by atoms with Crippen LogP contribution in [0.5, 0.6) is 0 Å². The van der Waals surface area contributed by atoms with E-state index in [1.165, 1.54) is 11.1 Å². The molecule has 0 aliphatic rings. The highest BCUT2D eigenvalue weighted by Crippen LogP contribution is 2.34. The molecule has 1 unspecified atom stereocenters. The van der Waals surface area contributed by atoms with Crippen LogP contribution >= 0.6 is 0 Å². The Kier molecular flexibility index (Phi) is 4.33. The Balaban J connectivity index is 3.40. The zero-order valence-electron chi connectivity index (χ0n) is 9.82. The van der Waals surface area contributed by atoms with Gasteiger partial charge in [0, 0.05) is 20.2 Å². The van der Waals surface area contributed by atoms with Gasteiger partial charge in [0.05, 0.1) is 11.1 Å². The molecule has 0 heterocycles. The van der Waals surface area contributed by atoms with Gasteiger partial charge < -0.3 is 10.1 Å². The summed E-state index contributed by atoms with van der Waals surface area (Å²) >= 11 is 0. The summed E-state index contributed by atoms with van der Waals surface area (Å²) in [6.07, 6.45) is -2.07. The van der Waals surface area contributed by atoms with Gasteiger partial charge >= 0.3 is 6.18 Å². The van der Waals surface area contributed by atoms with E-state index in [-0.39, 0.29) is 11.3 Å². The molecule has 0 aliphatic carbocycles. The van der Waals surface area contributed by atoms with Crippen molar-refractivity contribution < 1.29 is 23.6 Å². The number of alkyl halides is 3. The summed E-state index contributed by atoms with van der Waals surface area (Å²) < 4.78 is 38.3. The maximum Gasteiger partial charge on any atom is 0.417 e. The van der Waals surface area contributed by atoms with E-state index in [1.807, 2.05) is 0 Å². The van der Waals surface area contributed by atoms with Crippen LogP contribution in [0.1, 0.15) is 11.1 Å². The smallest absolute Gasteiger partial charge is 0.417 e. The van der Waals surface area contributed by atoms with Crippen molar-refractivity contribution in [1.82, 2.24) is 4.90 Å². The maximum atomic E-state index is 12.8. The third-order valence-corrected chi connectivity index (χ3v) is 2.18. The van der Waals surface area contributed by atoms with Crippen molar-refractivity contribution in [3.63, 3.8) is 0 Å². The molecule has 18 heavy (non-hydrogen) atoms. The van der Waals surface area contributed by atoms with Crippen molar-refractivity contribution >= 4 is 11.8 Å². The average molecular weight is 262 g/mol. The van der Waals surface area contributed by atoms with Crippen molar-refractivity contribution in [3.8, 4) is 0 Å². The average Bonchev–Trinajstić information content (AvgIpc) is 2.24. The summed E-state index contributed by atoms with van der Waals surface area (Å²) in [5.74, 6) is 0. The van der Waals surface area contributed by atoms with E-state index in [2.05, 4.69) is 0 Å². The number of quaternary nitrogens is 1. The molecule has 0 saturated carbocycles. The van der Waals surface area contributed by atoms with Crippen molar-refractivity contribution in [3.05, 3.63) is 40.7 Å². The molecule has 0 aromatic heterocycles. The first-order chi connectivity index (χ1) is 8.23. The minimum Gasteiger partial charge on any atom is -0.595 e. The normalized spacial score (nSPS) is 13.9. The van der Waals surface area contributed by atoms with Gasteiger partial charge in [-0.3, -0.25) is 0 Å². The number of hydrogen-bond donors (Lipinski definition) is 2. The first-order valence-corrected chi connectivity index (χ1v) is 5.01. The van der Waals surface area contributed by atoms with Gasteiger partial charge in [0.2, 0.25) is 0 Å². The molecule has 0 saturated heterocycles. The molecule has 7 heteroatoms. The molecule has 0 spiro atoms. The first-order valence-electron chi connectivity index (χ1n) is 5.01. The fourth-order valence-corrected chi connectivity index (χ4v) is 1.40. The van der Waals surface area contributed by atoms with Crippen LogP contribution in [0.15, 0.2) is 24.4 Å². The number of nitrogens with one attached hydrogen (secondary N) is 1. The van der Waals surface area contributed by atoms with Crippen molar-refractivity contribution in [1.29, 1.82) is 0 Å². The molecule has 0 fully saturated rings. The lowest BCUT2D eigenvalue weighted by Crippen LogP contribution is -2.99. The molecular weight excluding hydrogens is 249 g/mol. The largest absolute Gasteiger partial charge is 0.595 e. The fraction of sp³-hybridized carbons (Fsp3) is 0.273. The first kappa shape index (κ1) is 14.5. The van der Waals surface area contributed by atoms with Crippen LogP contribution in [0.4, 0.5) is 18.9 Å². The summed E-state index contributed by atoms with van der Waals surface area (Å²) in [7, 11) is 3.26. The molecule has 1 aromatic carbocycles. The SMILES string of the molecule is CN(C)/C=C/c1c([NH+]([O-])O)cccc1C(F)(F)F. The maximum absolute atomic E-state index is 12.8. The molecule has 2 N–H and O–H groups in total. The van der Waals surface area contributed by atoms with E-state index < -0.39 is 17.0 Å². The second-order valence-corrected chi connectivity index (χ2v) is 3.85. The topological polar surface area (TPSA) is 51.0 Å². The van der Waals surface area contributed by atoms with E-state index in [4.69, 9.17) is 5.21 Å². The number of rotatable bonds is 3. The van der Waals surface area contributed by atoms with Gasteiger partial charge in [-0.1, -0.05) is 6.07 Å². The molecule has 0 radical (unpaired) electrons. The lowest BCUT2D eigenvalue weighted by atomic mass is 10.0. The molecule has 1 rings (SSSR count). The summed E-state index contributed by atoms with van der Waals surface area (Å²) in [6.45, 7) is 0. The van der Waals surface area contributed by atoms with Crippen LogP contribution in [-0.2, 0) is 6.18 Å². The number of benzene rings is 1. The van der Waals surface area contributed by atoms with Gasteiger partial charge in [0.15, 0.2) is 5.69 Å². The van der Waals surface area contributed by atoms with E-state index in [0.29, 0.717) is 0 Å². The monoisotopic (exact) mass is 262 g/mol. The minimum absolute atomic E-state index is 0.341. The summed E-state index contributed by atoms with van der Waals surface area (Å²) in [5.41, 5.74) is -1.67. The third-order valence-electron chi connectivity index (χ3n) is 2.18. The quantitative estimate of drug-likeness (QED) is 0.814. The highest BCUT2D eigenvalue weighted by atomic mass is 19.4. The van der Waals surface area contributed by atoms with Crippen molar-refractivity contribution in [2.45, 2.75) is 6.18 Å². The Labute approximate surface area is 102 Å². The second-order valence-electron chi connectivity index (χ2n) is 3.85. The zero-order chi connectivity index (χ0) is 13.9. The lowest BCUT2D eigenvalue weighted by molar-refractivity contribution is -0.991. The van der Waals surface area contributed by atoms with Gasteiger partial charge in [0.1, 0.15) is 0 Å². The molecule has 4 nitrogen and oxygen atoms in total. The van der Waals surface area contributed by atoms with Gasteiger partial charge in [0.25, 0.3) is 0 Å². The highest BCUT2D eigenvalue weighted by molar-refractivity contribution is 5.64. The van der Waals surface area contributed by atoms with Crippen LogP contribution < -0.4 is 5.23 Å². The fourth-order valence-electron chi connectivity index (χ4n) is 1.40. The van der Waals surface area contributed by atoms with Crippen LogP contribution in [0, 0.1) is 5.21 Å². The van der Waals surface area contributed by atoms with Gasteiger partial charge in [-0.25, -0.2) is 5.21 Å². The Morgan fingerprint density at radius 3 is 2.39 bits per heavy atom. The summed E-state index contributed by atoms with van der Waals surface area (Å²) in [4.78, 5) is 1.53. The Morgan fingerprint density at radius 1 is 1.33 bits per heavy atom. The van der Waals surface area contributed by atoms with Crippen LogP contribution in [0.25, 0.3) is 6.08 Å². The predicted molar refractivity (Wildman–Crippen MR) is 59.9 cm³/mol. The van der Waals surface area contributed by atoms with Crippen LogP contribution in [0.2, 0.25) is 0 Å². The predicted octanol–water partition coefficient (Wildman–Crippen LogP) is 1.64.